The molecule has 3 rings (SSSR count). The fourth-order valence-corrected chi connectivity index (χ4v) is 3.65. The van der Waals surface area contributed by atoms with Gasteiger partial charge in [0.15, 0.2) is 4.34 Å². The lowest BCUT2D eigenvalue weighted by Gasteiger charge is -2.00. The van der Waals surface area contributed by atoms with Crippen LogP contribution in [0, 0.1) is 6.92 Å². The minimum atomic E-state index is -0.148. The van der Waals surface area contributed by atoms with Gasteiger partial charge >= 0.3 is 0 Å². The molecule has 0 atom stereocenters. The van der Waals surface area contributed by atoms with E-state index in [1.165, 1.54) is 33.7 Å². The van der Waals surface area contributed by atoms with Crippen molar-refractivity contribution in [3.8, 4) is 5.75 Å². The molecular formula is C13H11N3O2S2. The van der Waals surface area contributed by atoms with Crippen molar-refractivity contribution < 1.29 is 4.74 Å². The van der Waals surface area contributed by atoms with Crippen LogP contribution >= 0.6 is 23.1 Å². The molecule has 20 heavy (non-hydrogen) atoms. The van der Waals surface area contributed by atoms with Crippen LogP contribution in [0.15, 0.2) is 44.4 Å². The van der Waals surface area contributed by atoms with Gasteiger partial charge in [0.25, 0.3) is 5.56 Å². The summed E-state index contributed by atoms with van der Waals surface area (Å²) in [7, 11) is 1.64. The van der Waals surface area contributed by atoms with Crippen molar-refractivity contribution in [1.29, 1.82) is 0 Å². The van der Waals surface area contributed by atoms with E-state index >= 15 is 0 Å². The first-order chi connectivity index (χ1) is 9.65. The second-order valence-electron chi connectivity index (χ2n) is 4.08. The average molecular weight is 305 g/mol. The quantitative estimate of drug-likeness (QED) is 0.744. The molecule has 0 saturated heterocycles. The first-order valence-electron chi connectivity index (χ1n) is 5.85. The first kappa shape index (κ1) is 13.1. The molecule has 102 valence electrons. The zero-order valence-electron chi connectivity index (χ0n) is 10.9. The Labute approximate surface area is 123 Å². The molecule has 7 heteroatoms. The van der Waals surface area contributed by atoms with E-state index in [9.17, 15) is 4.79 Å². The second-order valence-corrected chi connectivity index (χ2v) is 6.35. The first-order valence-corrected chi connectivity index (χ1v) is 7.48. The highest BCUT2D eigenvalue weighted by Crippen LogP contribution is 2.31. The zero-order chi connectivity index (χ0) is 14.1. The monoisotopic (exact) mass is 305 g/mol. The molecule has 0 aliphatic rings. The molecule has 0 unspecified atom stereocenters. The lowest BCUT2D eigenvalue weighted by atomic mass is 10.3. The Bertz CT molecular complexity index is 809. The number of rotatable bonds is 3. The van der Waals surface area contributed by atoms with Gasteiger partial charge in [0, 0.05) is 16.7 Å². The van der Waals surface area contributed by atoms with Crippen LogP contribution in [-0.2, 0) is 0 Å². The summed E-state index contributed by atoms with van der Waals surface area (Å²) in [6.07, 6.45) is 0. The zero-order valence-corrected chi connectivity index (χ0v) is 12.5. The average Bonchev–Trinajstić information content (AvgIpc) is 2.82. The number of methoxy groups -OCH3 is 1. The molecule has 0 aliphatic heterocycles. The van der Waals surface area contributed by atoms with Crippen molar-refractivity contribution in [3.63, 3.8) is 0 Å². The van der Waals surface area contributed by atoms with Crippen LogP contribution in [0.25, 0.3) is 4.96 Å². The Kier molecular flexibility index (Phi) is 3.45. The minimum absolute atomic E-state index is 0.148. The molecule has 2 aromatic heterocycles. The van der Waals surface area contributed by atoms with Crippen molar-refractivity contribution in [2.75, 3.05) is 7.11 Å². The molecule has 0 fully saturated rings. The fraction of sp³-hybridized carbons (Fsp3) is 0.154. The summed E-state index contributed by atoms with van der Waals surface area (Å²) in [5.41, 5.74) is 0.560. The predicted molar refractivity (Wildman–Crippen MR) is 79.0 cm³/mol. The van der Waals surface area contributed by atoms with E-state index < -0.39 is 0 Å². The topological polar surface area (TPSA) is 56.5 Å². The van der Waals surface area contributed by atoms with Gasteiger partial charge in [0.2, 0.25) is 4.96 Å². The highest BCUT2D eigenvalue weighted by molar-refractivity contribution is 8.01. The number of nitrogens with zero attached hydrogens (tertiary/aromatic N) is 3. The van der Waals surface area contributed by atoms with E-state index in [4.69, 9.17) is 4.74 Å². The fourth-order valence-electron chi connectivity index (χ4n) is 1.69. The maximum atomic E-state index is 11.8. The Hall–Kier alpha value is -1.86. The number of aromatic nitrogens is 3. The van der Waals surface area contributed by atoms with Gasteiger partial charge in [-0.25, -0.2) is 4.98 Å². The molecule has 2 heterocycles. The summed E-state index contributed by atoms with van der Waals surface area (Å²) in [5, 5.41) is 4.28. The number of ether oxygens (including phenoxy) is 1. The second kappa shape index (κ2) is 5.26. The lowest BCUT2D eigenvalue weighted by Crippen LogP contribution is -2.14. The standard InChI is InChI=1S/C13H11N3O2S2/c1-8-7-11(17)16-12(14-8)20-13(15-16)19-10-5-3-9(18-2)4-6-10/h3-7H,1-2H3. The molecular weight excluding hydrogens is 294 g/mol. The van der Waals surface area contributed by atoms with Crippen molar-refractivity contribution in [3.05, 3.63) is 46.4 Å². The third kappa shape index (κ3) is 2.54. The molecule has 5 nitrogen and oxygen atoms in total. The smallest absolute Gasteiger partial charge is 0.275 e. The predicted octanol–water partition coefficient (Wildman–Crippen LogP) is 2.62. The van der Waals surface area contributed by atoms with E-state index in [-0.39, 0.29) is 5.56 Å². The molecule has 0 amide bonds. The van der Waals surface area contributed by atoms with Crippen molar-refractivity contribution in [2.45, 2.75) is 16.2 Å². The van der Waals surface area contributed by atoms with Gasteiger partial charge in [-0.15, -0.1) is 5.10 Å². The van der Waals surface area contributed by atoms with Crippen LogP contribution in [-0.4, -0.2) is 21.7 Å². The maximum absolute atomic E-state index is 11.8. The molecule has 0 N–H and O–H groups in total. The van der Waals surface area contributed by atoms with Gasteiger partial charge in [-0.1, -0.05) is 23.1 Å². The van der Waals surface area contributed by atoms with E-state index in [1.54, 1.807) is 14.0 Å². The van der Waals surface area contributed by atoms with Crippen LogP contribution < -0.4 is 10.3 Å². The summed E-state index contributed by atoms with van der Waals surface area (Å²) in [6.45, 7) is 1.80. The van der Waals surface area contributed by atoms with Crippen LogP contribution in [0.1, 0.15) is 5.69 Å². The highest BCUT2D eigenvalue weighted by atomic mass is 32.2. The van der Waals surface area contributed by atoms with Crippen LogP contribution in [0.4, 0.5) is 0 Å². The molecule has 0 saturated carbocycles. The summed E-state index contributed by atoms with van der Waals surface area (Å²) >= 11 is 2.90. The number of aryl methyl sites for hydroxylation is 1. The Morgan fingerprint density at radius 1 is 1.30 bits per heavy atom. The molecule has 0 spiro atoms. The SMILES string of the molecule is COc1ccc(Sc2nn3c(=O)cc(C)nc3s2)cc1. The van der Waals surface area contributed by atoms with Gasteiger partial charge in [0.05, 0.1) is 7.11 Å². The van der Waals surface area contributed by atoms with Crippen molar-refractivity contribution in [2.24, 2.45) is 0 Å². The summed E-state index contributed by atoms with van der Waals surface area (Å²) < 4.78 is 7.24. The minimum Gasteiger partial charge on any atom is -0.497 e. The van der Waals surface area contributed by atoms with E-state index in [0.717, 1.165) is 15.0 Å². The van der Waals surface area contributed by atoms with Crippen LogP contribution in [0.2, 0.25) is 0 Å². The Balaban J connectivity index is 1.94. The third-order valence-corrected chi connectivity index (χ3v) is 4.59. The number of hydrogen-bond acceptors (Lipinski definition) is 6. The van der Waals surface area contributed by atoms with Crippen LogP contribution in [0.3, 0.4) is 0 Å². The summed E-state index contributed by atoms with van der Waals surface area (Å²) in [6, 6.07) is 9.18. The molecule has 1 aromatic carbocycles. The molecule has 3 aromatic rings. The van der Waals surface area contributed by atoms with Crippen LogP contribution in [0.5, 0.6) is 5.75 Å². The van der Waals surface area contributed by atoms with Gasteiger partial charge in [-0.05, 0) is 31.2 Å². The summed E-state index contributed by atoms with van der Waals surface area (Å²) in [4.78, 5) is 17.8. The number of fused-ring (bicyclic) bond motifs is 1. The van der Waals surface area contributed by atoms with E-state index in [1.807, 2.05) is 24.3 Å². The van der Waals surface area contributed by atoms with Gasteiger partial charge in [-0.2, -0.15) is 4.52 Å². The molecule has 0 aliphatic carbocycles. The van der Waals surface area contributed by atoms with E-state index in [2.05, 4.69) is 10.1 Å². The van der Waals surface area contributed by atoms with E-state index in [0.29, 0.717) is 10.7 Å². The summed E-state index contributed by atoms with van der Waals surface area (Å²) in [5.74, 6) is 0.812. The normalized spacial score (nSPS) is 10.9. The lowest BCUT2D eigenvalue weighted by molar-refractivity contribution is 0.414. The van der Waals surface area contributed by atoms with Gasteiger partial charge in [-0.3, -0.25) is 4.79 Å². The maximum Gasteiger partial charge on any atom is 0.275 e. The molecule has 0 radical (unpaired) electrons. The van der Waals surface area contributed by atoms with Crippen molar-refractivity contribution in [1.82, 2.24) is 14.6 Å². The largest absolute Gasteiger partial charge is 0.497 e. The Morgan fingerprint density at radius 3 is 2.75 bits per heavy atom. The number of hydrogen-bond donors (Lipinski definition) is 0. The highest BCUT2D eigenvalue weighted by Gasteiger charge is 2.09. The third-order valence-electron chi connectivity index (χ3n) is 2.62. The van der Waals surface area contributed by atoms with Gasteiger partial charge < -0.3 is 4.74 Å². The van der Waals surface area contributed by atoms with Crippen molar-refractivity contribution >= 4 is 28.1 Å². The molecule has 0 bridgehead atoms. The number of benzene rings is 1. The van der Waals surface area contributed by atoms with Gasteiger partial charge in [0.1, 0.15) is 5.75 Å². The Morgan fingerprint density at radius 2 is 2.05 bits per heavy atom.